The van der Waals surface area contributed by atoms with Crippen molar-refractivity contribution in [3.63, 3.8) is 0 Å². The zero-order valence-electron chi connectivity index (χ0n) is 9.22. The Labute approximate surface area is 94.3 Å². The Morgan fingerprint density at radius 3 is 2.81 bits per heavy atom. The summed E-state index contributed by atoms with van der Waals surface area (Å²) in [4.78, 5) is 24.0. The Kier molecular flexibility index (Phi) is 5.21. The lowest BCUT2D eigenvalue weighted by molar-refractivity contribution is -0.154. The molecule has 6 nitrogen and oxygen atoms in total. The van der Waals surface area contributed by atoms with Crippen LogP contribution in [0.15, 0.2) is 0 Å². The van der Waals surface area contributed by atoms with Crippen molar-refractivity contribution < 1.29 is 19.4 Å². The molecular formula is C10H18N2O4. The lowest BCUT2D eigenvalue weighted by Gasteiger charge is -2.32. The van der Waals surface area contributed by atoms with E-state index in [4.69, 9.17) is 15.6 Å². The second-order valence-electron chi connectivity index (χ2n) is 3.78. The number of hydrogen-bond acceptors (Lipinski definition) is 4. The fourth-order valence-electron chi connectivity index (χ4n) is 1.81. The molecule has 92 valence electrons. The Morgan fingerprint density at radius 1 is 1.44 bits per heavy atom. The molecule has 0 bridgehead atoms. The molecule has 1 aliphatic heterocycles. The van der Waals surface area contributed by atoms with Gasteiger partial charge >= 0.3 is 5.97 Å². The van der Waals surface area contributed by atoms with Crippen LogP contribution in [0.5, 0.6) is 0 Å². The molecule has 1 fully saturated rings. The number of carbonyl (C=O) groups is 2. The van der Waals surface area contributed by atoms with Gasteiger partial charge in [-0.1, -0.05) is 0 Å². The number of aliphatic carboxylic acids is 1. The summed E-state index contributed by atoms with van der Waals surface area (Å²) < 4.78 is 5.02. The third-order valence-corrected chi connectivity index (χ3v) is 2.60. The van der Waals surface area contributed by atoms with E-state index in [1.54, 1.807) is 0 Å². The van der Waals surface area contributed by atoms with Gasteiger partial charge in [-0.3, -0.25) is 4.79 Å². The van der Waals surface area contributed by atoms with Gasteiger partial charge in [-0.05, 0) is 19.3 Å². The predicted molar refractivity (Wildman–Crippen MR) is 56.9 cm³/mol. The summed E-state index contributed by atoms with van der Waals surface area (Å²) in [5.41, 5.74) is 5.22. The molecule has 1 atom stereocenters. The molecule has 0 saturated carbocycles. The third-order valence-electron chi connectivity index (χ3n) is 2.60. The number of likely N-dealkylation sites (tertiary alicyclic amines) is 1. The van der Waals surface area contributed by atoms with Gasteiger partial charge in [0, 0.05) is 13.1 Å². The van der Waals surface area contributed by atoms with Gasteiger partial charge < -0.3 is 20.5 Å². The van der Waals surface area contributed by atoms with Gasteiger partial charge in [0.2, 0.25) is 5.91 Å². The first-order chi connectivity index (χ1) is 7.66. The fourth-order valence-corrected chi connectivity index (χ4v) is 1.81. The topological polar surface area (TPSA) is 92.9 Å². The summed E-state index contributed by atoms with van der Waals surface area (Å²) in [5.74, 6) is -1.20. The molecule has 0 aromatic rings. The summed E-state index contributed by atoms with van der Waals surface area (Å²) in [6.07, 6.45) is 2.23. The molecule has 0 aliphatic carbocycles. The van der Waals surface area contributed by atoms with E-state index >= 15 is 0 Å². The summed E-state index contributed by atoms with van der Waals surface area (Å²) >= 11 is 0. The molecule has 0 aromatic carbocycles. The molecule has 0 radical (unpaired) electrons. The maximum atomic E-state index is 11.7. The minimum atomic E-state index is -0.938. The number of nitrogens with zero attached hydrogens (tertiary/aromatic N) is 1. The van der Waals surface area contributed by atoms with Gasteiger partial charge in [-0.15, -0.1) is 0 Å². The third kappa shape index (κ3) is 3.46. The predicted octanol–water partition coefficient (Wildman–Crippen LogP) is -0.573. The highest BCUT2D eigenvalue weighted by Crippen LogP contribution is 2.17. The van der Waals surface area contributed by atoms with Crippen LogP contribution < -0.4 is 5.73 Å². The van der Waals surface area contributed by atoms with Crippen molar-refractivity contribution in [2.24, 2.45) is 5.73 Å². The number of rotatable bonds is 5. The minimum absolute atomic E-state index is 0.0824. The Hall–Kier alpha value is -1.14. The molecule has 0 aromatic heterocycles. The van der Waals surface area contributed by atoms with Crippen molar-refractivity contribution in [1.29, 1.82) is 0 Å². The number of carboxylic acids is 1. The van der Waals surface area contributed by atoms with Gasteiger partial charge in [-0.25, -0.2) is 4.79 Å². The maximum absolute atomic E-state index is 11.7. The van der Waals surface area contributed by atoms with Gasteiger partial charge in [0.1, 0.15) is 12.6 Å². The molecule has 6 heteroatoms. The number of carboxylic acid groups (broad SMARTS) is 1. The highest BCUT2D eigenvalue weighted by atomic mass is 16.5. The van der Waals surface area contributed by atoms with Crippen LogP contribution in [-0.2, 0) is 14.3 Å². The zero-order valence-corrected chi connectivity index (χ0v) is 9.22. The summed E-state index contributed by atoms with van der Waals surface area (Å²) in [7, 11) is 0. The average Bonchev–Trinajstić information content (AvgIpc) is 2.29. The van der Waals surface area contributed by atoms with Crippen molar-refractivity contribution in [2.75, 3.05) is 26.3 Å². The van der Waals surface area contributed by atoms with Gasteiger partial charge in [0.05, 0.1) is 6.61 Å². The minimum Gasteiger partial charge on any atom is -0.480 e. The SMILES string of the molecule is NCCOCC(=O)N1CCCC[C@H]1C(=O)O. The van der Waals surface area contributed by atoms with E-state index in [1.165, 1.54) is 4.90 Å². The molecule has 1 saturated heterocycles. The van der Waals surface area contributed by atoms with E-state index in [1.807, 2.05) is 0 Å². The molecule has 1 heterocycles. The Bertz CT molecular complexity index is 257. The monoisotopic (exact) mass is 230 g/mol. The zero-order chi connectivity index (χ0) is 12.0. The van der Waals surface area contributed by atoms with Gasteiger partial charge in [0.15, 0.2) is 0 Å². The highest BCUT2D eigenvalue weighted by Gasteiger charge is 2.31. The van der Waals surface area contributed by atoms with Crippen LogP contribution in [0, 0.1) is 0 Å². The second kappa shape index (κ2) is 6.44. The van der Waals surface area contributed by atoms with Crippen molar-refractivity contribution in [3.05, 3.63) is 0 Å². The maximum Gasteiger partial charge on any atom is 0.326 e. The van der Waals surface area contributed by atoms with E-state index in [0.717, 1.165) is 12.8 Å². The molecule has 1 rings (SSSR count). The van der Waals surface area contributed by atoms with Crippen LogP contribution in [0.4, 0.5) is 0 Å². The number of carbonyl (C=O) groups excluding carboxylic acids is 1. The number of nitrogens with two attached hydrogens (primary N) is 1. The van der Waals surface area contributed by atoms with Crippen molar-refractivity contribution in [2.45, 2.75) is 25.3 Å². The molecular weight excluding hydrogens is 212 g/mol. The number of ether oxygens (including phenoxy) is 1. The fraction of sp³-hybridized carbons (Fsp3) is 0.800. The molecule has 1 amide bonds. The summed E-state index contributed by atoms with van der Waals surface area (Å²) in [6.45, 7) is 1.09. The summed E-state index contributed by atoms with van der Waals surface area (Å²) in [5, 5.41) is 8.97. The number of amides is 1. The standard InChI is InChI=1S/C10H18N2O4/c11-4-6-16-7-9(13)12-5-2-1-3-8(12)10(14)15/h8H,1-7,11H2,(H,14,15)/t8-/m0/s1. The van der Waals surface area contributed by atoms with Crippen LogP contribution >= 0.6 is 0 Å². The normalized spacial score (nSPS) is 20.8. The lowest BCUT2D eigenvalue weighted by atomic mass is 10.0. The Morgan fingerprint density at radius 2 is 2.19 bits per heavy atom. The first kappa shape index (κ1) is 12.9. The van der Waals surface area contributed by atoms with Crippen molar-refractivity contribution >= 4 is 11.9 Å². The van der Waals surface area contributed by atoms with E-state index < -0.39 is 12.0 Å². The van der Waals surface area contributed by atoms with Crippen LogP contribution in [0.2, 0.25) is 0 Å². The highest BCUT2D eigenvalue weighted by molar-refractivity contribution is 5.84. The van der Waals surface area contributed by atoms with Crippen molar-refractivity contribution in [1.82, 2.24) is 4.90 Å². The van der Waals surface area contributed by atoms with Crippen LogP contribution in [0.3, 0.4) is 0 Å². The van der Waals surface area contributed by atoms with Crippen LogP contribution in [-0.4, -0.2) is 54.2 Å². The number of hydrogen-bond donors (Lipinski definition) is 2. The molecule has 0 unspecified atom stereocenters. The molecule has 1 aliphatic rings. The molecule has 16 heavy (non-hydrogen) atoms. The smallest absolute Gasteiger partial charge is 0.326 e. The quantitative estimate of drug-likeness (QED) is 0.617. The lowest BCUT2D eigenvalue weighted by Crippen LogP contribution is -2.49. The Balaban J connectivity index is 2.47. The van der Waals surface area contributed by atoms with Crippen molar-refractivity contribution in [3.8, 4) is 0 Å². The van der Waals surface area contributed by atoms with Gasteiger partial charge in [-0.2, -0.15) is 0 Å². The largest absolute Gasteiger partial charge is 0.480 e. The first-order valence-corrected chi connectivity index (χ1v) is 5.47. The van der Waals surface area contributed by atoms with E-state index in [9.17, 15) is 9.59 Å². The van der Waals surface area contributed by atoms with Crippen LogP contribution in [0.1, 0.15) is 19.3 Å². The van der Waals surface area contributed by atoms with E-state index in [-0.39, 0.29) is 12.5 Å². The van der Waals surface area contributed by atoms with E-state index in [2.05, 4.69) is 0 Å². The molecule has 3 N–H and O–H groups in total. The average molecular weight is 230 g/mol. The first-order valence-electron chi connectivity index (χ1n) is 5.47. The molecule has 0 spiro atoms. The van der Waals surface area contributed by atoms with Gasteiger partial charge in [0.25, 0.3) is 0 Å². The number of piperidine rings is 1. The van der Waals surface area contributed by atoms with Crippen LogP contribution in [0.25, 0.3) is 0 Å². The second-order valence-corrected chi connectivity index (χ2v) is 3.78. The van der Waals surface area contributed by atoms with E-state index in [0.29, 0.717) is 26.1 Å². The summed E-state index contributed by atoms with van der Waals surface area (Å²) in [6, 6.07) is -0.692.